The van der Waals surface area contributed by atoms with Gasteiger partial charge in [0.2, 0.25) is 5.95 Å². The number of hydrogen-bond acceptors (Lipinski definition) is 3. The van der Waals surface area contributed by atoms with Gasteiger partial charge in [0.15, 0.2) is 0 Å². The molecule has 1 atom stereocenters. The van der Waals surface area contributed by atoms with E-state index in [1.165, 1.54) is 17.2 Å². The van der Waals surface area contributed by atoms with Crippen LogP contribution >= 0.6 is 0 Å². The van der Waals surface area contributed by atoms with Crippen LogP contribution in [-0.2, 0) is 0 Å². The van der Waals surface area contributed by atoms with Gasteiger partial charge in [0.1, 0.15) is 0 Å². The number of pyridine rings is 1. The Balaban J connectivity index is 1.78. The molecule has 1 saturated heterocycles. The lowest BCUT2D eigenvalue weighted by atomic mass is 10.1. The molecule has 2 rings (SSSR count). The Labute approximate surface area is 119 Å². The van der Waals surface area contributed by atoms with Gasteiger partial charge in [-0.2, -0.15) is 17.6 Å². The van der Waals surface area contributed by atoms with E-state index < -0.39 is 24.6 Å². The highest BCUT2D eigenvalue weighted by atomic mass is 19.4. The molecule has 0 spiro atoms. The summed E-state index contributed by atoms with van der Waals surface area (Å²) in [5.41, 5.74) is 0.146. The number of nitrogens with one attached hydrogen (secondary N) is 1. The maximum absolute atomic E-state index is 12.9. The van der Waals surface area contributed by atoms with E-state index in [2.05, 4.69) is 10.3 Å². The second-order valence-corrected chi connectivity index (χ2v) is 5.08. The molecule has 0 bridgehead atoms. The van der Waals surface area contributed by atoms with Gasteiger partial charge < -0.3 is 5.32 Å². The van der Waals surface area contributed by atoms with Crippen LogP contribution in [0.25, 0.3) is 0 Å². The Kier molecular flexibility index (Phi) is 4.76. The van der Waals surface area contributed by atoms with Crippen molar-refractivity contribution in [2.45, 2.75) is 12.6 Å². The van der Waals surface area contributed by atoms with E-state index >= 15 is 0 Å². The van der Waals surface area contributed by atoms with Crippen LogP contribution < -0.4 is 5.32 Å². The molecular formula is C13H15F4N3O. The number of hydrogen-bond donors (Lipinski definition) is 1. The van der Waals surface area contributed by atoms with E-state index in [1.54, 1.807) is 0 Å². The molecule has 1 unspecified atom stereocenters. The van der Waals surface area contributed by atoms with E-state index in [0.717, 1.165) is 6.07 Å². The van der Waals surface area contributed by atoms with Crippen molar-refractivity contribution in [3.05, 3.63) is 29.8 Å². The first-order chi connectivity index (χ1) is 9.83. The molecule has 1 aromatic rings. The summed E-state index contributed by atoms with van der Waals surface area (Å²) in [7, 11) is 0. The van der Waals surface area contributed by atoms with Crippen molar-refractivity contribution in [3.8, 4) is 0 Å². The zero-order chi connectivity index (χ0) is 15.5. The van der Waals surface area contributed by atoms with Gasteiger partial charge in [0.05, 0.1) is 6.54 Å². The van der Waals surface area contributed by atoms with E-state index in [1.807, 2.05) is 0 Å². The smallest absolute Gasteiger partial charge is 0.352 e. The van der Waals surface area contributed by atoms with Crippen molar-refractivity contribution in [2.75, 3.05) is 26.2 Å². The highest BCUT2D eigenvalue weighted by Crippen LogP contribution is 2.22. The lowest BCUT2D eigenvalue weighted by Crippen LogP contribution is -2.34. The standard InChI is InChI=1S/C13H15F4N3O/c14-11-5-10(1-3-18-11)12(21)19-6-9-2-4-20(7-9)8-13(15,16)17/h1,3,5,9H,2,4,6-8H2,(H,19,21). The second-order valence-electron chi connectivity index (χ2n) is 5.08. The Morgan fingerprint density at radius 2 is 2.24 bits per heavy atom. The molecule has 1 aliphatic heterocycles. The van der Waals surface area contributed by atoms with Crippen molar-refractivity contribution >= 4 is 5.91 Å². The number of carbonyl (C=O) groups excluding carboxylic acids is 1. The Morgan fingerprint density at radius 3 is 2.90 bits per heavy atom. The molecule has 4 nitrogen and oxygen atoms in total. The molecule has 1 aliphatic rings. The Hall–Kier alpha value is -1.70. The lowest BCUT2D eigenvalue weighted by Gasteiger charge is -2.18. The van der Waals surface area contributed by atoms with Crippen LogP contribution in [0.4, 0.5) is 17.6 Å². The summed E-state index contributed by atoms with van der Waals surface area (Å²) in [6, 6.07) is 2.39. The normalized spacial score (nSPS) is 19.7. The molecule has 8 heteroatoms. The fourth-order valence-corrected chi connectivity index (χ4v) is 2.36. The van der Waals surface area contributed by atoms with E-state index in [-0.39, 0.29) is 18.0 Å². The first-order valence-electron chi connectivity index (χ1n) is 6.52. The van der Waals surface area contributed by atoms with Gasteiger partial charge >= 0.3 is 6.18 Å². The fraction of sp³-hybridized carbons (Fsp3) is 0.538. The van der Waals surface area contributed by atoms with E-state index in [0.29, 0.717) is 19.5 Å². The van der Waals surface area contributed by atoms with Crippen molar-refractivity contribution in [2.24, 2.45) is 5.92 Å². The van der Waals surface area contributed by atoms with Gasteiger partial charge in [-0.15, -0.1) is 0 Å². The number of rotatable bonds is 4. The first kappa shape index (κ1) is 15.7. The molecule has 1 aromatic heterocycles. The quantitative estimate of drug-likeness (QED) is 0.682. The Morgan fingerprint density at radius 1 is 1.48 bits per heavy atom. The van der Waals surface area contributed by atoms with Crippen LogP contribution in [0.1, 0.15) is 16.8 Å². The number of alkyl halides is 3. The van der Waals surface area contributed by atoms with Gasteiger partial charge in [-0.25, -0.2) is 4.98 Å². The Bertz CT molecular complexity index is 506. The minimum absolute atomic E-state index is 0.0250. The molecule has 0 aromatic carbocycles. The van der Waals surface area contributed by atoms with Crippen LogP contribution in [0.2, 0.25) is 0 Å². The molecule has 116 valence electrons. The summed E-state index contributed by atoms with van der Waals surface area (Å²) in [5.74, 6) is -1.23. The minimum atomic E-state index is -4.20. The average Bonchev–Trinajstić information content (AvgIpc) is 2.81. The summed E-state index contributed by atoms with van der Waals surface area (Å²) in [4.78, 5) is 16.4. The number of carbonyl (C=O) groups is 1. The molecule has 0 radical (unpaired) electrons. The summed E-state index contributed by atoms with van der Waals surface area (Å²) in [5, 5.41) is 2.61. The summed E-state index contributed by atoms with van der Waals surface area (Å²) >= 11 is 0. The number of amides is 1. The molecule has 0 saturated carbocycles. The van der Waals surface area contributed by atoms with Crippen LogP contribution in [0.3, 0.4) is 0 Å². The zero-order valence-electron chi connectivity index (χ0n) is 11.2. The molecule has 1 fully saturated rings. The highest BCUT2D eigenvalue weighted by Gasteiger charge is 2.34. The lowest BCUT2D eigenvalue weighted by molar-refractivity contribution is -0.143. The third-order valence-electron chi connectivity index (χ3n) is 3.31. The third-order valence-corrected chi connectivity index (χ3v) is 3.31. The predicted octanol–water partition coefficient (Wildman–Crippen LogP) is 1.83. The number of aromatic nitrogens is 1. The van der Waals surface area contributed by atoms with Crippen LogP contribution in [0.15, 0.2) is 18.3 Å². The minimum Gasteiger partial charge on any atom is -0.352 e. The zero-order valence-corrected chi connectivity index (χ0v) is 11.2. The molecule has 0 aliphatic carbocycles. The maximum Gasteiger partial charge on any atom is 0.401 e. The van der Waals surface area contributed by atoms with Crippen LogP contribution in [0.5, 0.6) is 0 Å². The largest absolute Gasteiger partial charge is 0.401 e. The molecule has 2 heterocycles. The highest BCUT2D eigenvalue weighted by molar-refractivity contribution is 5.93. The van der Waals surface area contributed by atoms with Crippen molar-refractivity contribution in [1.29, 1.82) is 0 Å². The second kappa shape index (κ2) is 6.38. The molecule has 1 amide bonds. The number of likely N-dealkylation sites (tertiary alicyclic amines) is 1. The van der Waals surface area contributed by atoms with Crippen molar-refractivity contribution in [1.82, 2.24) is 15.2 Å². The van der Waals surface area contributed by atoms with Gasteiger partial charge in [-0.05, 0) is 24.9 Å². The van der Waals surface area contributed by atoms with Crippen molar-refractivity contribution < 1.29 is 22.4 Å². The molecule has 1 N–H and O–H groups in total. The average molecular weight is 305 g/mol. The van der Waals surface area contributed by atoms with E-state index in [4.69, 9.17) is 0 Å². The fourth-order valence-electron chi connectivity index (χ4n) is 2.36. The first-order valence-corrected chi connectivity index (χ1v) is 6.52. The predicted molar refractivity (Wildman–Crippen MR) is 67.1 cm³/mol. The van der Waals surface area contributed by atoms with Gasteiger partial charge in [0, 0.05) is 30.9 Å². The summed E-state index contributed by atoms with van der Waals surface area (Å²) < 4.78 is 49.6. The maximum atomic E-state index is 12.9. The number of halogens is 4. The van der Waals surface area contributed by atoms with Gasteiger partial charge in [0.25, 0.3) is 5.91 Å². The third kappa shape index (κ3) is 4.96. The van der Waals surface area contributed by atoms with Crippen LogP contribution in [0, 0.1) is 11.9 Å². The monoisotopic (exact) mass is 305 g/mol. The van der Waals surface area contributed by atoms with Gasteiger partial charge in [-0.1, -0.05) is 0 Å². The SMILES string of the molecule is O=C(NCC1CCN(CC(F)(F)F)C1)c1ccnc(F)c1. The summed E-state index contributed by atoms with van der Waals surface area (Å²) in [6.07, 6.45) is -2.42. The molecular weight excluding hydrogens is 290 g/mol. The van der Waals surface area contributed by atoms with E-state index in [9.17, 15) is 22.4 Å². The summed E-state index contributed by atoms with van der Waals surface area (Å²) in [6.45, 7) is 0.0125. The number of nitrogens with zero attached hydrogens (tertiary/aromatic N) is 2. The topological polar surface area (TPSA) is 45.2 Å². The molecule has 21 heavy (non-hydrogen) atoms. The van der Waals surface area contributed by atoms with Crippen LogP contribution in [-0.4, -0.2) is 48.1 Å². The van der Waals surface area contributed by atoms with Gasteiger partial charge in [-0.3, -0.25) is 9.69 Å². The van der Waals surface area contributed by atoms with Crippen molar-refractivity contribution in [3.63, 3.8) is 0 Å².